The van der Waals surface area contributed by atoms with Crippen LogP contribution in [0.1, 0.15) is 29.0 Å². The summed E-state index contributed by atoms with van der Waals surface area (Å²) in [5, 5.41) is 0. The summed E-state index contributed by atoms with van der Waals surface area (Å²) in [4.78, 5) is 29.8. The largest absolute Gasteiger partial charge is 0.497 e. The van der Waals surface area contributed by atoms with E-state index in [2.05, 4.69) is 0 Å². The van der Waals surface area contributed by atoms with Crippen molar-refractivity contribution < 1.29 is 23.8 Å². The van der Waals surface area contributed by atoms with E-state index in [9.17, 15) is 9.59 Å². The van der Waals surface area contributed by atoms with Gasteiger partial charge in [0.1, 0.15) is 12.4 Å². The second kappa shape index (κ2) is 10.4. The number of nitrogens with zero attached hydrogens (tertiary/aromatic N) is 2. The second-order valence-electron chi connectivity index (χ2n) is 8.22. The Kier molecular flexibility index (Phi) is 7.13. The van der Waals surface area contributed by atoms with Gasteiger partial charge in [-0.05, 0) is 23.3 Å². The Morgan fingerprint density at radius 2 is 1.50 bits per heavy atom. The van der Waals surface area contributed by atoms with Gasteiger partial charge in [-0.3, -0.25) is 4.90 Å². The number of esters is 1. The number of benzene rings is 3. The third kappa shape index (κ3) is 4.89. The van der Waals surface area contributed by atoms with Crippen LogP contribution in [0.25, 0.3) is 0 Å². The predicted molar refractivity (Wildman–Crippen MR) is 127 cm³/mol. The summed E-state index contributed by atoms with van der Waals surface area (Å²) in [5.41, 5.74) is 2.39. The number of ether oxygens (including phenoxy) is 3. The van der Waals surface area contributed by atoms with Crippen LogP contribution in [-0.2, 0) is 20.9 Å². The molecule has 4 rings (SSSR count). The van der Waals surface area contributed by atoms with Gasteiger partial charge in [-0.15, -0.1) is 0 Å². The Morgan fingerprint density at radius 1 is 0.882 bits per heavy atom. The van der Waals surface area contributed by atoms with Crippen LogP contribution in [0, 0.1) is 0 Å². The molecule has 1 aliphatic heterocycles. The fourth-order valence-electron chi connectivity index (χ4n) is 4.01. The molecule has 3 atom stereocenters. The van der Waals surface area contributed by atoms with E-state index in [4.69, 9.17) is 14.2 Å². The molecule has 1 aliphatic rings. The van der Waals surface area contributed by atoms with E-state index in [1.54, 1.807) is 38.2 Å². The van der Waals surface area contributed by atoms with Crippen LogP contribution in [0.15, 0.2) is 84.9 Å². The van der Waals surface area contributed by atoms with Crippen LogP contribution >= 0.6 is 0 Å². The fourth-order valence-corrected chi connectivity index (χ4v) is 4.01. The molecule has 0 saturated carbocycles. The number of hydrogen-bond donors (Lipinski definition) is 0. The molecule has 34 heavy (non-hydrogen) atoms. The first-order valence-electron chi connectivity index (χ1n) is 11.0. The molecule has 1 fully saturated rings. The third-order valence-corrected chi connectivity index (χ3v) is 5.72. The summed E-state index contributed by atoms with van der Waals surface area (Å²) in [5.74, 6) is 0.163. The molecule has 0 aromatic heterocycles. The van der Waals surface area contributed by atoms with Gasteiger partial charge < -0.3 is 19.1 Å². The van der Waals surface area contributed by atoms with Crippen LogP contribution in [-0.4, -0.2) is 49.1 Å². The Balaban J connectivity index is 1.70. The fraction of sp³-hybridized carbons (Fsp3) is 0.259. The molecule has 7 nitrogen and oxygen atoms in total. The highest BCUT2D eigenvalue weighted by Gasteiger charge is 2.50. The van der Waals surface area contributed by atoms with Crippen molar-refractivity contribution in [2.24, 2.45) is 0 Å². The van der Waals surface area contributed by atoms with Gasteiger partial charge in [0.05, 0.1) is 13.2 Å². The van der Waals surface area contributed by atoms with Crippen molar-refractivity contribution in [3.63, 3.8) is 0 Å². The first kappa shape index (κ1) is 23.3. The van der Waals surface area contributed by atoms with E-state index >= 15 is 0 Å². The molecule has 1 saturated heterocycles. The summed E-state index contributed by atoms with van der Waals surface area (Å²) in [6, 6.07) is 25.2. The average Bonchev–Trinajstić information content (AvgIpc) is 3.28. The highest BCUT2D eigenvalue weighted by Crippen LogP contribution is 2.44. The SMILES string of the molecule is COc1ccc(C2O[C@@H](C(=O)OCc3ccccc3)[C@H](c3ccccc3)N2C(=O)N(C)C)cc1. The maximum atomic E-state index is 13.4. The number of carbonyl (C=O) groups is 2. The molecule has 1 unspecified atom stereocenters. The molecule has 176 valence electrons. The second-order valence-corrected chi connectivity index (χ2v) is 8.22. The quantitative estimate of drug-likeness (QED) is 0.505. The number of amides is 2. The minimum atomic E-state index is -0.998. The number of methoxy groups -OCH3 is 1. The zero-order valence-electron chi connectivity index (χ0n) is 19.5. The Bertz CT molecular complexity index is 1100. The van der Waals surface area contributed by atoms with Gasteiger partial charge in [-0.2, -0.15) is 0 Å². The van der Waals surface area contributed by atoms with E-state index in [1.165, 1.54) is 4.90 Å². The lowest BCUT2D eigenvalue weighted by Gasteiger charge is -2.31. The summed E-state index contributed by atoms with van der Waals surface area (Å²) >= 11 is 0. The summed E-state index contributed by atoms with van der Waals surface area (Å²) < 4.78 is 17.2. The smallest absolute Gasteiger partial charge is 0.338 e. The van der Waals surface area contributed by atoms with Crippen molar-refractivity contribution in [2.75, 3.05) is 21.2 Å². The van der Waals surface area contributed by atoms with E-state index in [1.807, 2.05) is 72.8 Å². The first-order valence-corrected chi connectivity index (χ1v) is 11.0. The molecule has 0 aliphatic carbocycles. The number of rotatable bonds is 6. The standard InChI is InChI=1S/C27H28N2O5/c1-28(2)27(31)29-23(20-12-8-5-9-13-20)24(26(30)33-18-19-10-6-4-7-11-19)34-25(29)21-14-16-22(32-3)17-15-21/h4-17,23-25H,18H2,1-3H3/t23-,24+,25?/m0/s1. The Morgan fingerprint density at radius 3 is 2.09 bits per heavy atom. The van der Waals surface area contributed by atoms with Gasteiger partial charge in [-0.25, -0.2) is 9.59 Å². The monoisotopic (exact) mass is 460 g/mol. The molecule has 0 N–H and O–H groups in total. The Labute approximate surface area is 199 Å². The average molecular weight is 461 g/mol. The summed E-state index contributed by atoms with van der Waals surface area (Å²) in [6.45, 7) is 0.121. The molecule has 7 heteroatoms. The molecular formula is C27H28N2O5. The highest BCUT2D eigenvalue weighted by molar-refractivity contribution is 5.81. The van der Waals surface area contributed by atoms with Gasteiger partial charge in [0.2, 0.25) is 0 Å². The topological polar surface area (TPSA) is 68.3 Å². The van der Waals surface area contributed by atoms with Crippen molar-refractivity contribution >= 4 is 12.0 Å². The summed E-state index contributed by atoms with van der Waals surface area (Å²) in [7, 11) is 4.94. The zero-order valence-corrected chi connectivity index (χ0v) is 19.5. The van der Waals surface area contributed by atoms with Crippen LogP contribution in [0.2, 0.25) is 0 Å². The lowest BCUT2D eigenvalue weighted by atomic mass is 10.0. The number of urea groups is 1. The van der Waals surface area contributed by atoms with E-state index < -0.39 is 24.3 Å². The third-order valence-electron chi connectivity index (χ3n) is 5.72. The lowest BCUT2D eigenvalue weighted by molar-refractivity contribution is -0.158. The van der Waals surface area contributed by atoms with E-state index in [-0.39, 0.29) is 12.6 Å². The van der Waals surface area contributed by atoms with Gasteiger partial charge in [-0.1, -0.05) is 72.8 Å². The molecule has 0 bridgehead atoms. The van der Waals surface area contributed by atoms with Crippen molar-refractivity contribution in [3.05, 3.63) is 102 Å². The van der Waals surface area contributed by atoms with Gasteiger partial charge in [0.25, 0.3) is 0 Å². The minimum absolute atomic E-state index is 0.121. The molecule has 2 amide bonds. The minimum Gasteiger partial charge on any atom is -0.497 e. The van der Waals surface area contributed by atoms with E-state index in [0.717, 1.165) is 16.7 Å². The van der Waals surface area contributed by atoms with Gasteiger partial charge in [0.15, 0.2) is 12.3 Å². The molecular weight excluding hydrogens is 432 g/mol. The van der Waals surface area contributed by atoms with Crippen molar-refractivity contribution in [3.8, 4) is 5.75 Å². The predicted octanol–water partition coefficient (Wildman–Crippen LogP) is 4.56. The molecule has 3 aromatic carbocycles. The van der Waals surface area contributed by atoms with Crippen LogP contribution in [0.4, 0.5) is 4.79 Å². The van der Waals surface area contributed by atoms with Crippen molar-refractivity contribution in [1.29, 1.82) is 0 Å². The van der Waals surface area contributed by atoms with E-state index in [0.29, 0.717) is 5.75 Å². The molecule has 0 spiro atoms. The van der Waals surface area contributed by atoms with Gasteiger partial charge >= 0.3 is 12.0 Å². The first-order chi connectivity index (χ1) is 16.5. The number of carbonyl (C=O) groups excluding carboxylic acids is 2. The number of hydrogen-bond acceptors (Lipinski definition) is 5. The maximum Gasteiger partial charge on any atom is 0.338 e. The van der Waals surface area contributed by atoms with Gasteiger partial charge in [0, 0.05) is 19.7 Å². The lowest BCUT2D eigenvalue weighted by Crippen LogP contribution is -2.42. The maximum absolute atomic E-state index is 13.4. The Hall–Kier alpha value is -3.84. The molecule has 1 heterocycles. The van der Waals surface area contributed by atoms with Crippen molar-refractivity contribution in [2.45, 2.75) is 25.0 Å². The van der Waals surface area contributed by atoms with Crippen LogP contribution in [0.5, 0.6) is 5.75 Å². The van der Waals surface area contributed by atoms with Crippen LogP contribution < -0.4 is 4.74 Å². The molecule has 0 radical (unpaired) electrons. The van der Waals surface area contributed by atoms with Crippen molar-refractivity contribution in [1.82, 2.24) is 9.80 Å². The normalized spacial score (nSPS) is 19.5. The zero-order chi connectivity index (χ0) is 24.1. The molecule has 3 aromatic rings. The van der Waals surface area contributed by atoms with Crippen LogP contribution in [0.3, 0.4) is 0 Å². The summed E-state index contributed by atoms with van der Waals surface area (Å²) in [6.07, 6.45) is -1.78. The highest BCUT2D eigenvalue weighted by atomic mass is 16.6.